The topological polar surface area (TPSA) is 0 Å². The van der Waals surface area contributed by atoms with Crippen molar-refractivity contribution in [2.24, 2.45) is 0 Å². The highest BCUT2D eigenvalue weighted by Gasteiger charge is 2.30. The Kier molecular flexibility index (Phi) is 6.34. The van der Waals surface area contributed by atoms with E-state index in [9.17, 15) is 0 Å². The molecule has 0 unspecified atom stereocenters. The number of hydrogen-bond acceptors (Lipinski definition) is 0. The van der Waals surface area contributed by atoms with Gasteiger partial charge in [-0.25, -0.2) is 0 Å². The van der Waals surface area contributed by atoms with Crippen molar-refractivity contribution in [1.29, 1.82) is 0 Å². The molecule has 2 saturated carbocycles. The van der Waals surface area contributed by atoms with E-state index in [1.54, 1.807) is 57.5 Å². The molecular formula is C16H31P. The van der Waals surface area contributed by atoms with Crippen LogP contribution in [0.2, 0.25) is 0 Å². The molecule has 0 saturated heterocycles. The van der Waals surface area contributed by atoms with E-state index in [-0.39, 0.29) is 0 Å². The second-order valence-corrected chi connectivity index (χ2v) is 9.11. The lowest BCUT2D eigenvalue weighted by Crippen LogP contribution is -2.21. The SMILES string of the molecule is CCCCP(C1CCCCC1)C1CCCCC1. The first-order valence-electron chi connectivity index (χ1n) is 8.17. The van der Waals surface area contributed by atoms with E-state index >= 15 is 0 Å². The molecule has 0 aromatic heterocycles. The molecule has 0 N–H and O–H groups in total. The number of hydrogen-bond donors (Lipinski definition) is 0. The van der Waals surface area contributed by atoms with Gasteiger partial charge in [0.1, 0.15) is 0 Å². The Hall–Kier alpha value is 0.430. The van der Waals surface area contributed by atoms with Crippen LogP contribution in [0.3, 0.4) is 0 Å². The summed E-state index contributed by atoms with van der Waals surface area (Å²) in [5.74, 6) is 0. The van der Waals surface area contributed by atoms with Crippen LogP contribution < -0.4 is 0 Å². The third kappa shape index (κ3) is 4.23. The van der Waals surface area contributed by atoms with Crippen molar-refractivity contribution in [3.8, 4) is 0 Å². The van der Waals surface area contributed by atoms with Crippen LogP contribution in [0.4, 0.5) is 0 Å². The fraction of sp³-hybridized carbons (Fsp3) is 1.00. The zero-order valence-electron chi connectivity index (χ0n) is 11.8. The zero-order valence-corrected chi connectivity index (χ0v) is 12.7. The smallest absolute Gasteiger partial charge is 0.0207 e. The minimum atomic E-state index is 0.397. The van der Waals surface area contributed by atoms with E-state index in [0.29, 0.717) is 7.92 Å². The summed E-state index contributed by atoms with van der Waals surface area (Å²) < 4.78 is 0. The molecule has 0 aromatic rings. The Morgan fingerprint density at radius 2 is 1.24 bits per heavy atom. The van der Waals surface area contributed by atoms with Crippen LogP contribution in [-0.2, 0) is 0 Å². The normalized spacial score (nSPS) is 24.4. The quantitative estimate of drug-likeness (QED) is 0.533. The molecule has 0 spiro atoms. The summed E-state index contributed by atoms with van der Waals surface area (Å²) in [5, 5.41) is 0. The molecule has 0 bridgehead atoms. The molecule has 0 amide bonds. The lowest BCUT2D eigenvalue weighted by molar-refractivity contribution is 0.483. The molecule has 1 heteroatoms. The molecule has 0 aromatic carbocycles. The fourth-order valence-corrected chi connectivity index (χ4v) is 7.89. The maximum Gasteiger partial charge on any atom is -0.0207 e. The predicted octanol–water partition coefficient (Wildman–Crippen LogP) is 5.93. The molecule has 0 heterocycles. The van der Waals surface area contributed by atoms with Gasteiger partial charge in [0.15, 0.2) is 0 Å². The first kappa shape index (κ1) is 13.9. The molecule has 2 aliphatic rings. The van der Waals surface area contributed by atoms with Crippen LogP contribution in [0.1, 0.15) is 84.0 Å². The van der Waals surface area contributed by atoms with Crippen molar-refractivity contribution >= 4 is 7.92 Å². The van der Waals surface area contributed by atoms with Crippen LogP contribution >= 0.6 is 7.92 Å². The predicted molar refractivity (Wildman–Crippen MR) is 80.4 cm³/mol. The van der Waals surface area contributed by atoms with E-state index in [4.69, 9.17) is 0 Å². The van der Waals surface area contributed by atoms with Crippen LogP contribution in [0.15, 0.2) is 0 Å². The molecule has 2 fully saturated rings. The summed E-state index contributed by atoms with van der Waals surface area (Å²) in [5.41, 5.74) is 2.35. The largest absolute Gasteiger partial charge is 0.100 e. The number of rotatable bonds is 5. The van der Waals surface area contributed by atoms with Crippen molar-refractivity contribution in [1.82, 2.24) is 0 Å². The summed E-state index contributed by atoms with van der Waals surface area (Å²) in [6.07, 6.45) is 20.1. The highest BCUT2D eigenvalue weighted by Crippen LogP contribution is 2.56. The summed E-state index contributed by atoms with van der Waals surface area (Å²) >= 11 is 0. The van der Waals surface area contributed by atoms with Crippen LogP contribution in [-0.4, -0.2) is 17.5 Å². The Balaban J connectivity index is 1.90. The van der Waals surface area contributed by atoms with Gasteiger partial charge in [0, 0.05) is 0 Å². The van der Waals surface area contributed by atoms with E-state index < -0.39 is 0 Å². The van der Waals surface area contributed by atoms with Crippen LogP contribution in [0.5, 0.6) is 0 Å². The number of unbranched alkanes of at least 4 members (excludes halogenated alkanes) is 1. The second-order valence-electron chi connectivity index (χ2n) is 6.18. The molecule has 0 aliphatic heterocycles. The van der Waals surface area contributed by atoms with Gasteiger partial charge >= 0.3 is 0 Å². The van der Waals surface area contributed by atoms with E-state index in [1.165, 1.54) is 37.0 Å². The van der Waals surface area contributed by atoms with Gasteiger partial charge < -0.3 is 0 Å². The Morgan fingerprint density at radius 1 is 0.765 bits per heavy atom. The molecular weight excluding hydrogens is 223 g/mol. The van der Waals surface area contributed by atoms with Gasteiger partial charge in [0.2, 0.25) is 0 Å². The minimum absolute atomic E-state index is 0.397. The molecule has 2 aliphatic carbocycles. The molecule has 2 rings (SSSR count). The van der Waals surface area contributed by atoms with E-state index in [0.717, 1.165) is 0 Å². The van der Waals surface area contributed by atoms with Crippen LogP contribution in [0.25, 0.3) is 0 Å². The summed E-state index contributed by atoms with van der Waals surface area (Å²) in [7, 11) is 0.397. The Labute approximate surface area is 110 Å². The molecule has 100 valence electrons. The first-order valence-corrected chi connectivity index (χ1v) is 9.84. The van der Waals surface area contributed by atoms with Crippen molar-refractivity contribution < 1.29 is 0 Å². The van der Waals surface area contributed by atoms with Crippen molar-refractivity contribution in [3.05, 3.63) is 0 Å². The van der Waals surface area contributed by atoms with E-state index in [2.05, 4.69) is 6.92 Å². The van der Waals surface area contributed by atoms with Crippen molar-refractivity contribution in [2.75, 3.05) is 6.16 Å². The second kappa shape index (κ2) is 7.78. The maximum atomic E-state index is 2.37. The Morgan fingerprint density at radius 3 is 1.65 bits per heavy atom. The first-order chi connectivity index (χ1) is 8.42. The van der Waals surface area contributed by atoms with Crippen molar-refractivity contribution in [3.63, 3.8) is 0 Å². The van der Waals surface area contributed by atoms with Gasteiger partial charge in [0.25, 0.3) is 0 Å². The lowest BCUT2D eigenvalue weighted by atomic mass is 9.99. The molecule has 0 radical (unpaired) electrons. The monoisotopic (exact) mass is 254 g/mol. The van der Waals surface area contributed by atoms with Gasteiger partial charge in [-0.05, 0) is 49.6 Å². The van der Waals surface area contributed by atoms with Gasteiger partial charge in [0.05, 0.1) is 0 Å². The van der Waals surface area contributed by atoms with Gasteiger partial charge in [-0.1, -0.05) is 51.9 Å². The van der Waals surface area contributed by atoms with E-state index in [1.807, 2.05) is 0 Å². The average molecular weight is 254 g/mol. The third-order valence-corrected chi connectivity index (χ3v) is 8.60. The molecule has 17 heavy (non-hydrogen) atoms. The third-order valence-electron chi connectivity index (χ3n) is 4.86. The lowest BCUT2D eigenvalue weighted by Gasteiger charge is -2.38. The highest BCUT2D eigenvalue weighted by molar-refractivity contribution is 7.59. The summed E-state index contributed by atoms with van der Waals surface area (Å²) in [4.78, 5) is 0. The summed E-state index contributed by atoms with van der Waals surface area (Å²) in [6, 6.07) is 0. The fourth-order valence-electron chi connectivity index (χ4n) is 3.83. The average Bonchev–Trinajstić information content (AvgIpc) is 2.42. The minimum Gasteiger partial charge on any atom is -0.100 e. The zero-order chi connectivity index (χ0) is 11.9. The van der Waals surface area contributed by atoms with Crippen molar-refractivity contribution in [2.45, 2.75) is 95.3 Å². The summed E-state index contributed by atoms with van der Waals surface area (Å²) in [6.45, 7) is 2.37. The van der Waals surface area contributed by atoms with Crippen LogP contribution in [0, 0.1) is 0 Å². The highest BCUT2D eigenvalue weighted by atomic mass is 31.1. The standard InChI is InChI=1S/C16H31P/c1-2-3-14-17(15-10-6-4-7-11-15)16-12-8-5-9-13-16/h15-16H,2-14H2,1H3. The maximum absolute atomic E-state index is 2.37. The van der Waals surface area contributed by atoms with Gasteiger partial charge in [-0.2, -0.15) is 0 Å². The van der Waals surface area contributed by atoms with Gasteiger partial charge in [-0.3, -0.25) is 0 Å². The Bertz CT molecular complexity index is 172. The van der Waals surface area contributed by atoms with Gasteiger partial charge in [-0.15, -0.1) is 7.92 Å². The molecule has 0 nitrogen and oxygen atoms in total. The molecule has 0 atom stereocenters.